The Hall–Kier alpha value is -3.22. The second-order valence-corrected chi connectivity index (χ2v) is 9.18. The van der Waals surface area contributed by atoms with E-state index < -0.39 is 10.0 Å². The van der Waals surface area contributed by atoms with Crippen molar-refractivity contribution in [3.05, 3.63) is 66.1 Å². The molecule has 154 valence electrons. The molecule has 1 N–H and O–H groups in total. The number of benzene rings is 1. The normalized spacial score (nSPS) is 15.7. The van der Waals surface area contributed by atoms with Crippen LogP contribution in [0, 0.1) is 17.2 Å². The number of fused-ring (bicyclic) bond motifs is 1. The molecule has 30 heavy (non-hydrogen) atoms. The highest BCUT2D eigenvalue weighted by Crippen LogP contribution is 2.23. The monoisotopic (exact) mass is 423 g/mol. The minimum Gasteiger partial charge on any atom is -0.348 e. The Morgan fingerprint density at radius 2 is 1.90 bits per heavy atom. The Kier molecular flexibility index (Phi) is 5.53. The minimum atomic E-state index is -3.57. The Labute approximate surface area is 174 Å². The third-order valence-corrected chi connectivity index (χ3v) is 7.21. The number of amides is 1. The van der Waals surface area contributed by atoms with E-state index in [9.17, 15) is 13.2 Å². The highest BCUT2D eigenvalue weighted by atomic mass is 32.2. The number of carbonyl (C=O) groups excluding carboxylic acids is 1. The molecule has 9 heteroatoms. The highest BCUT2D eigenvalue weighted by molar-refractivity contribution is 7.89. The van der Waals surface area contributed by atoms with Gasteiger partial charge >= 0.3 is 0 Å². The largest absolute Gasteiger partial charge is 0.348 e. The van der Waals surface area contributed by atoms with E-state index in [1.54, 1.807) is 59.4 Å². The van der Waals surface area contributed by atoms with Crippen molar-refractivity contribution in [2.24, 2.45) is 5.92 Å². The van der Waals surface area contributed by atoms with Crippen LogP contribution in [0.3, 0.4) is 0 Å². The maximum atomic E-state index is 12.8. The van der Waals surface area contributed by atoms with Gasteiger partial charge in [-0.05, 0) is 42.7 Å². The first-order valence-electron chi connectivity index (χ1n) is 9.67. The van der Waals surface area contributed by atoms with Gasteiger partial charge < -0.3 is 9.72 Å². The van der Waals surface area contributed by atoms with Crippen molar-refractivity contribution in [3.8, 4) is 6.07 Å². The standard InChI is InChI=1S/C21H21N5O3S/c22-13-16-7-10-26(11-8-16)30(28,29)19-4-1-17(2-5-19)14-24-21(27)18-3-6-20-23-9-12-25(20)15-18/h1-6,9,12,15-16H,7-8,10-11,14H2,(H,24,27). The summed E-state index contributed by atoms with van der Waals surface area (Å²) >= 11 is 0. The van der Waals surface area contributed by atoms with E-state index in [2.05, 4.69) is 16.4 Å². The number of sulfonamides is 1. The van der Waals surface area contributed by atoms with Crippen LogP contribution in [-0.4, -0.2) is 41.1 Å². The minimum absolute atomic E-state index is 0.0723. The van der Waals surface area contributed by atoms with Crippen LogP contribution in [0.1, 0.15) is 28.8 Å². The number of pyridine rings is 1. The van der Waals surface area contributed by atoms with E-state index in [-0.39, 0.29) is 23.3 Å². The fourth-order valence-electron chi connectivity index (χ4n) is 3.49. The van der Waals surface area contributed by atoms with E-state index in [0.29, 0.717) is 31.5 Å². The summed E-state index contributed by atoms with van der Waals surface area (Å²) in [4.78, 5) is 16.8. The summed E-state index contributed by atoms with van der Waals surface area (Å²) in [5, 5.41) is 11.8. The molecular formula is C21H21N5O3S. The van der Waals surface area contributed by atoms with Gasteiger partial charge in [0.05, 0.1) is 16.5 Å². The van der Waals surface area contributed by atoms with E-state index in [1.165, 1.54) is 4.31 Å². The van der Waals surface area contributed by atoms with Gasteiger partial charge in [-0.3, -0.25) is 4.79 Å². The molecule has 2 aromatic heterocycles. The summed E-state index contributed by atoms with van der Waals surface area (Å²) in [5.74, 6) is -0.292. The van der Waals surface area contributed by atoms with Crippen LogP contribution in [0.4, 0.5) is 0 Å². The van der Waals surface area contributed by atoms with Crippen LogP contribution in [0.5, 0.6) is 0 Å². The number of imidazole rings is 1. The van der Waals surface area contributed by atoms with E-state index >= 15 is 0 Å². The number of carbonyl (C=O) groups is 1. The number of nitrogens with one attached hydrogen (secondary N) is 1. The molecule has 8 nitrogen and oxygen atoms in total. The predicted octanol–water partition coefficient (Wildman–Crippen LogP) is 2.19. The molecule has 1 aromatic carbocycles. The third-order valence-electron chi connectivity index (χ3n) is 5.30. The van der Waals surface area contributed by atoms with Crippen LogP contribution < -0.4 is 5.32 Å². The molecule has 0 saturated carbocycles. The number of nitrogens with zero attached hydrogens (tertiary/aromatic N) is 4. The fraction of sp³-hybridized carbons (Fsp3) is 0.286. The number of piperidine rings is 1. The summed E-state index contributed by atoms with van der Waals surface area (Å²) in [5.41, 5.74) is 2.08. The molecule has 0 atom stereocenters. The van der Waals surface area contributed by atoms with Gasteiger partial charge in [0.1, 0.15) is 5.65 Å². The summed E-state index contributed by atoms with van der Waals surface area (Å²) in [7, 11) is -3.57. The highest BCUT2D eigenvalue weighted by Gasteiger charge is 2.29. The first-order valence-corrected chi connectivity index (χ1v) is 11.1. The quantitative estimate of drug-likeness (QED) is 0.677. The van der Waals surface area contributed by atoms with Crippen LogP contribution in [0.15, 0.2) is 59.9 Å². The van der Waals surface area contributed by atoms with Gasteiger partial charge in [0.2, 0.25) is 10.0 Å². The topological polar surface area (TPSA) is 108 Å². The summed E-state index contributed by atoms with van der Waals surface area (Å²) in [6, 6.07) is 12.2. The van der Waals surface area contributed by atoms with Crippen LogP contribution >= 0.6 is 0 Å². The number of nitriles is 1. The van der Waals surface area contributed by atoms with Crippen LogP contribution in [0.2, 0.25) is 0 Å². The molecule has 0 spiro atoms. The average Bonchev–Trinajstić information content (AvgIpc) is 3.25. The van der Waals surface area contributed by atoms with E-state index in [4.69, 9.17) is 5.26 Å². The second-order valence-electron chi connectivity index (χ2n) is 7.24. The molecule has 1 aliphatic rings. The van der Waals surface area contributed by atoms with Crippen molar-refractivity contribution < 1.29 is 13.2 Å². The third kappa shape index (κ3) is 4.06. The lowest BCUT2D eigenvalue weighted by Gasteiger charge is -2.28. The van der Waals surface area contributed by atoms with Gasteiger partial charge in [-0.1, -0.05) is 12.1 Å². The van der Waals surface area contributed by atoms with Crippen molar-refractivity contribution in [2.45, 2.75) is 24.3 Å². The molecule has 4 rings (SSSR count). The van der Waals surface area contributed by atoms with Gasteiger partial charge in [-0.2, -0.15) is 9.57 Å². The van der Waals surface area contributed by atoms with Crippen molar-refractivity contribution >= 4 is 21.6 Å². The Morgan fingerprint density at radius 3 is 2.60 bits per heavy atom. The van der Waals surface area contributed by atoms with Gasteiger partial charge in [0.15, 0.2) is 0 Å². The lowest BCUT2D eigenvalue weighted by atomic mass is 10.0. The first kappa shape index (κ1) is 20.1. The molecule has 1 fully saturated rings. The molecule has 0 bridgehead atoms. The Morgan fingerprint density at radius 1 is 1.17 bits per heavy atom. The zero-order valence-electron chi connectivity index (χ0n) is 16.2. The summed E-state index contributed by atoms with van der Waals surface area (Å²) < 4.78 is 28.8. The summed E-state index contributed by atoms with van der Waals surface area (Å²) in [6.45, 7) is 1.01. The molecular weight excluding hydrogens is 402 g/mol. The Bertz CT molecular complexity index is 1200. The van der Waals surface area contributed by atoms with Gasteiger partial charge in [0.25, 0.3) is 5.91 Å². The molecule has 0 unspecified atom stereocenters. The van der Waals surface area contributed by atoms with Gasteiger partial charge in [-0.15, -0.1) is 0 Å². The number of aromatic nitrogens is 2. The maximum absolute atomic E-state index is 12.8. The zero-order chi connectivity index (χ0) is 21.1. The van der Waals surface area contributed by atoms with Crippen LogP contribution in [0.25, 0.3) is 5.65 Å². The predicted molar refractivity (Wildman–Crippen MR) is 110 cm³/mol. The molecule has 3 heterocycles. The van der Waals surface area contributed by atoms with Crippen molar-refractivity contribution in [3.63, 3.8) is 0 Å². The number of hydrogen-bond acceptors (Lipinski definition) is 5. The number of rotatable bonds is 5. The van der Waals surface area contributed by atoms with Gasteiger partial charge in [0, 0.05) is 44.1 Å². The lowest BCUT2D eigenvalue weighted by Crippen LogP contribution is -2.38. The smallest absolute Gasteiger partial charge is 0.253 e. The molecule has 3 aromatic rings. The van der Waals surface area contributed by atoms with Crippen molar-refractivity contribution in [1.29, 1.82) is 5.26 Å². The SMILES string of the molecule is N#CC1CCN(S(=O)(=O)c2ccc(CNC(=O)c3ccc4nccn4c3)cc2)CC1. The molecule has 1 saturated heterocycles. The molecule has 1 amide bonds. The average molecular weight is 423 g/mol. The van der Waals surface area contributed by atoms with Gasteiger partial charge in [-0.25, -0.2) is 13.4 Å². The molecule has 0 aliphatic carbocycles. The fourth-order valence-corrected chi connectivity index (χ4v) is 4.96. The van der Waals surface area contributed by atoms with Crippen molar-refractivity contribution in [1.82, 2.24) is 19.0 Å². The Balaban J connectivity index is 1.38. The van der Waals surface area contributed by atoms with E-state index in [0.717, 1.165) is 11.2 Å². The van der Waals surface area contributed by atoms with Crippen LogP contribution in [-0.2, 0) is 16.6 Å². The zero-order valence-corrected chi connectivity index (χ0v) is 17.0. The molecule has 1 aliphatic heterocycles. The second kappa shape index (κ2) is 8.26. The maximum Gasteiger partial charge on any atom is 0.253 e. The lowest BCUT2D eigenvalue weighted by molar-refractivity contribution is 0.0950. The first-order chi connectivity index (χ1) is 14.5. The molecule has 0 radical (unpaired) electrons. The number of hydrogen-bond donors (Lipinski definition) is 1. The summed E-state index contributed by atoms with van der Waals surface area (Å²) in [6.07, 6.45) is 6.27. The van der Waals surface area contributed by atoms with E-state index in [1.807, 2.05) is 0 Å². The van der Waals surface area contributed by atoms with Crippen molar-refractivity contribution in [2.75, 3.05) is 13.1 Å².